The standard InChI is InChI=1S/C25H34N2O3/c1-5-23(30-24-8-6-7-18(2)19(24)3)25(28)26-17-20-9-11-21(12-10-20)29-22-13-15-27(4)16-14-22/h6-12,22-23H,5,13-17H2,1-4H3,(H,26,28)/t23-/m1/s1. The van der Waals surface area contributed by atoms with Crippen LogP contribution in [-0.2, 0) is 11.3 Å². The number of carbonyl (C=O) groups is 1. The summed E-state index contributed by atoms with van der Waals surface area (Å²) in [7, 11) is 2.15. The number of rotatable bonds is 8. The Morgan fingerprint density at radius 1 is 1.13 bits per heavy atom. The van der Waals surface area contributed by atoms with Gasteiger partial charge in [0.2, 0.25) is 0 Å². The van der Waals surface area contributed by atoms with E-state index in [1.54, 1.807) is 0 Å². The lowest BCUT2D eigenvalue weighted by atomic mass is 10.1. The Balaban J connectivity index is 1.50. The molecule has 1 saturated heterocycles. The van der Waals surface area contributed by atoms with Crippen LogP contribution in [0.2, 0.25) is 0 Å². The number of likely N-dealkylation sites (tertiary alicyclic amines) is 1. The fourth-order valence-corrected chi connectivity index (χ4v) is 3.61. The fraction of sp³-hybridized carbons (Fsp3) is 0.480. The Labute approximate surface area is 180 Å². The number of amides is 1. The first kappa shape index (κ1) is 22.2. The van der Waals surface area contributed by atoms with E-state index in [0.29, 0.717) is 19.1 Å². The van der Waals surface area contributed by atoms with Crippen molar-refractivity contribution in [1.29, 1.82) is 0 Å². The summed E-state index contributed by atoms with van der Waals surface area (Å²) in [6.45, 7) is 8.66. The van der Waals surface area contributed by atoms with Gasteiger partial charge in [0.1, 0.15) is 17.6 Å². The number of hydrogen-bond acceptors (Lipinski definition) is 4. The van der Waals surface area contributed by atoms with Crippen LogP contribution in [-0.4, -0.2) is 43.2 Å². The molecule has 5 heteroatoms. The van der Waals surface area contributed by atoms with E-state index >= 15 is 0 Å². The van der Waals surface area contributed by atoms with Gasteiger partial charge < -0.3 is 19.7 Å². The maximum atomic E-state index is 12.6. The lowest BCUT2D eigenvalue weighted by Gasteiger charge is -2.29. The zero-order valence-corrected chi connectivity index (χ0v) is 18.6. The first-order chi connectivity index (χ1) is 14.5. The van der Waals surface area contributed by atoms with Crippen molar-refractivity contribution >= 4 is 5.91 Å². The molecule has 2 aromatic rings. The monoisotopic (exact) mass is 410 g/mol. The van der Waals surface area contributed by atoms with E-state index in [9.17, 15) is 4.79 Å². The molecule has 0 unspecified atom stereocenters. The van der Waals surface area contributed by atoms with Gasteiger partial charge in [-0.2, -0.15) is 0 Å². The second-order valence-corrected chi connectivity index (χ2v) is 8.20. The van der Waals surface area contributed by atoms with Crippen LogP contribution >= 0.6 is 0 Å². The Morgan fingerprint density at radius 2 is 1.83 bits per heavy atom. The number of aryl methyl sites for hydroxylation is 1. The van der Waals surface area contributed by atoms with Crippen LogP contribution in [0.5, 0.6) is 11.5 Å². The molecule has 3 rings (SSSR count). The summed E-state index contributed by atoms with van der Waals surface area (Å²) < 4.78 is 12.1. The van der Waals surface area contributed by atoms with E-state index < -0.39 is 6.10 Å². The first-order valence-electron chi connectivity index (χ1n) is 10.9. The van der Waals surface area contributed by atoms with Gasteiger partial charge in [-0.15, -0.1) is 0 Å². The number of nitrogens with zero attached hydrogens (tertiary/aromatic N) is 1. The zero-order valence-electron chi connectivity index (χ0n) is 18.6. The molecule has 1 fully saturated rings. The molecule has 1 heterocycles. The van der Waals surface area contributed by atoms with Crippen LogP contribution in [0, 0.1) is 13.8 Å². The predicted octanol–water partition coefficient (Wildman–Crippen LogP) is 4.25. The van der Waals surface area contributed by atoms with Crippen molar-refractivity contribution < 1.29 is 14.3 Å². The van der Waals surface area contributed by atoms with E-state index in [1.807, 2.05) is 63.2 Å². The predicted molar refractivity (Wildman–Crippen MR) is 120 cm³/mol. The molecule has 0 spiro atoms. The molecule has 1 atom stereocenters. The van der Waals surface area contributed by atoms with Crippen LogP contribution in [0.1, 0.15) is 42.9 Å². The lowest BCUT2D eigenvalue weighted by Crippen LogP contribution is -2.37. The molecule has 1 N–H and O–H groups in total. The van der Waals surface area contributed by atoms with Crippen molar-refractivity contribution in [2.75, 3.05) is 20.1 Å². The molecule has 1 aliphatic heterocycles. The summed E-state index contributed by atoms with van der Waals surface area (Å²) in [5.41, 5.74) is 3.27. The quantitative estimate of drug-likeness (QED) is 0.707. The van der Waals surface area contributed by atoms with Gasteiger partial charge in [0, 0.05) is 19.6 Å². The topological polar surface area (TPSA) is 50.8 Å². The van der Waals surface area contributed by atoms with Gasteiger partial charge in [0.25, 0.3) is 5.91 Å². The van der Waals surface area contributed by atoms with E-state index in [-0.39, 0.29) is 5.91 Å². The first-order valence-corrected chi connectivity index (χ1v) is 10.9. The zero-order chi connectivity index (χ0) is 21.5. The summed E-state index contributed by atoms with van der Waals surface area (Å²) in [4.78, 5) is 15.0. The fourth-order valence-electron chi connectivity index (χ4n) is 3.61. The largest absolute Gasteiger partial charge is 0.490 e. The van der Waals surface area contributed by atoms with Crippen molar-refractivity contribution in [2.45, 2.75) is 58.8 Å². The molecule has 2 aromatic carbocycles. The number of ether oxygens (including phenoxy) is 2. The Morgan fingerprint density at radius 3 is 2.50 bits per heavy atom. The molecule has 1 aliphatic rings. The van der Waals surface area contributed by atoms with Gasteiger partial charge in [0.15, 0.2) is 6.10 Å². The summed E-state index contributed by atoms with van der Waals surface area (Å²) in [5.74, 6) is 1.57. The highest BCUT2D eigenvalue weighted by molar-refractivity contribution is 5.81. The molecule has 0 radical (unpaired) electrons. The molecule has 5 nitrogen and oxygen atoms in total. The third kappa shape index (κ3) is 5.99. The van der Waals surface area contributed by atoms with Crippen LogP contribution in [0.25, 0.3) is 0 Å². The molecular weight excluding hydrogens is 376 g/mol. The summed E-state index contributed by atoms with van der Waals surface area (Å²) >= 11 is 0. The van der Waals surface area contributed by atoms with Gasteiger partial charge >= 0.3 is 0 Å². The number of benzene rings is 2. The molecular formula is C25H34N2O3. The average molecular weight is 411 g/mol. The Kier molecular flexibility index (Phi) is 7.75. The second kappa shape index (κ2) is 10.5. The van der Waals surface area contributed by atoms with Crippen molar-refractivity contribution in [1.82, 2.24) is 10.2 Å². The van der Waals surface area contributed by atoms with E-state index in [2.05, 4.69) is 17.3 Å². The lowest BCUT2D eigenvalue weighted by molar-refractivity contribution is -0.128. The average Bonchev–Trinajstić information content (AvgIpc) is 2.75. The van der Waals surface area contributed by atoms with Gasteiger partial charge in [-0.1, -0.05) is 31.2 Å². The highest BCUT2D eigenvalue weighted by atomic mass is 16.5. The van der Waals surface area contributed by atoms with Crippen LogP contribution < -0.4 is 14.8 Å². The Hall–Kier alpha value is -2.53. The van der Waals surface area contributed by atoms with Crippen LogP contribution in [0.4, 0.5) is 0 Å². The van der Waals surface area contributed by atoms with E-state index in [1.165, 1.54) is 0 Å². The molecule has 0 bridgehead atoms. The molecule has 0 aliphatic carbocycles. The summed E-state index contributed by atoms with van der Waals surface area (Å²) in [5, 5.41) is 3.00. The van der Waals surface area contributed by atoms with E-state index in [0.717, 1.165) is 54.1 Å². The normalized spacial score (nSPS) is 16.1. The van der Waals surface area contributed by atoms with Gasteiger partial charge in [-0.25, -0.2) is 0 Å². The van der Waals surface area contributed by atoms with Crippen molar-refractivity contribution in [3.8, 4) is 11.5 Å². The SMILES string of the molecule is CC[C@@H](Oc1cccc(C)c1C)C(=O)NCc1ccc(OC2CCN(C)CC2)cc1. The van der Waals surface area contributed by atoms with Gasteiger partial charge in [0.05, 0.1) is 0 Å². The van der Waals surface area contributed by atoms with Crippen molar-refractivity contribution in [3.63, 3.8) is 0 Å². The minimum Gasteiger partial charge on any atom is -0.490 e. The Bertz CT molecular complexity index is 827. The molecule has 0 saturated carbocycles. The third-order valence-corrected chi connectivity index (χ3v) is 5.85. The summed E-state index contributed by atoms with van der Waals surface area (Å²) in [6, 6.07) is 13.9. The number of hydrogen-bond donors (Lipinski definition) is 1. The highest BCUT2D eigenvalue weighted by Gasteiger charge is 2.20. The van der Waals surface area contributed by atoms with Gasteiger partial charge in [-0.05, 0) is 75.0 Å². The van der Waals surface area contributed by atoms with Crippen LogP contribution in [0.3, 0.4) is 0 Å². The minimum atomic E-state index is -0.502. The number of carbonyl (C=O) groups excluding carboxylic acids is 1. The minimum absolute atomic E-state index is 0.0925. The van der Waals surface area contributed by atoms with Crippen LogP contribution in [0.15, 0.2) is 42.5 Å². The highest BCUT2D eigenvalue weighted by Crippen LogP contribution is 2.23. The van der Waals surface area contributed by atoms with E-state index in [4.69, 9.17) is 9.47 Å². The summed E-state index contributed by atoms with van der Waals surface area (Å²) in [6.07, 6.45) is 2.53. The molecule has 0 aromatic heterocycles. The maximum absolute atomic E-state index is 12.6. The third-order valence-electron chi connectivity index (χ3n) is 5.85. The number of piperidine rings is 1. The molecule has 162 valence electrons. The smallest absolute Gasteiger partial charge is 0.261 e. The maximum Gasteiger partial charge on any atom is 0.261 e. The second-order valence-electron chi connectivity index (χ2n) is 8.20. The van der Waals surface area contributed by atoms with Gasteiger partial charge in [-0.3, -0.25) is 4.79 Å². The number of nitrogens with one attached hydrogen (secondary N) is 1. The van der Waals surface area contributed by atoms with Crippen molar-refractivity contribution in [3.05, 3.63) is 59.2 Å². The molecule has 1 amide bonds. The van der Waals surface area contributed by atoms with Crippen molar-refractivity contribution in [2.24, 2.45) is 0 Å². The molecule has 30 heavy (non-hydrogen) atoms.